The monoisotopic (exact) mass is 321 g/mol. The summed E-state index contributed by atoms with van der Waals surface area (Å²) in [6.07, 6.45) is 2.53. The Kier molecular flexibility index (Phi) is 3.42. The number of carbonyl (C=O) groups excluding carboxylic acids is 1. The number of rotatable bonds is 2. The molecule has 1 atom stereocenters. The van der Waals surface area contributed by atoms with Gasteiger partial charge in [0.05, 0.1) is 17.3 Å². The number of aromatic nitrogens is 1. The molecule has 1 aliphatic heterocycles. The molecule has 3 aromatic rings. The van der Waals surface area contributed by atoms with Crippen LogP contribution >= 0.6 is 11.3 Å². The first-order valence-corrected chi connectivity index (χ1v) is 8.42. The highest BCUT2D eigenvalue weighted by atomic mass is 32.1. The fourth-order valence-corrected chi connectivity index (χ4v) is 3.72. The molecular weight excluding hydrogens is 306 g/mol. The molecule has 1 aliphatic rings. The number of para-hydroxylation sites is 1. The molecular formula is C18H15N3OS. The Morgan fingerprint density at radius 3 is 2.91 bits per heavy atom. The van der Waals surface area contributed by atoms with Crippen molar-refractivity contribution < 1.29 is 4.79 Å². The first kappa shape index (κ1) is 14.1. The van der Waals surface area contributed by atoms with E-state index >= 15 is 0 Å². The molecule has 114 valence electrons. The lowest BCUT2D eigenvalue weighted by Crippen LogP contribution is -2.24. The van der Waals surface area contributed by atoms with Gasteiger partial charge in [-0.05, 0) is 34.5 Å². The first-order valence-electron chi connectivity index (χ1n) is 7.47. The van der Waals surface area contributed by atoms with Crippen LogP contribution < -0.4 is 0 Å². The van der Waals surface area contributed by atoms with Crippen LogP contribution in [0.5, 0.6) is 0 Å². The topological polar surface area (TPSA) is 45.6 Å². The summed E-state index contributed by atoms with van der Waals surface area (Å²) >= 11 is 1.64. The maximum Gasteiger partial charge on any atom is 0.240 e. The average Bonchev–Trinajstić information content (AvgIpc) is 3.23. The summed E-state index contributed by atoms with van der Waals surface area (Å²) in [5.41, 5.74) is 4.10. The summed E-state index contributed by atoms with van der Waals surface area (Å²) in [4.78, 5) is 16.5. The fraction of sp³-hybridized carbons (Fsp3) is 0.167. The van der Waals surface area contributed by atoms with E-state index in [0.29, 0.717) is 0 Å². The molecule has 0 saturated carbocycles. The molecule has 0 N–H and O–H groups in total. The summed E-state index contributed by atoms with van der Waals surface area (Å²) in [7, 11) is 0. The van der Waals surface area contributed by atoms with Crippen LogP contribution in [0, 0.1) is 0 Å². The van der Waals surface area contributed by atoms with E-state index in [1.54, 1.807) is 29.5 Å². The molecule has 4 rings (SSSR count). The molecule has 23 heavy (non-hydrogen) atoms. The molecule has 5 heteroatoms. The molecule has 4 nitrogen and oxygen atoms in total. The smallest absolute Gasteiger partial charge is 0.240 e. The third-order valence-corrected chi connectivity index (χ3v) is 4.81. The number of hydrazone groups is 1. The van der Waals surface area contributed by atoms with Crippen molar-refractivity contribution in [2.45, 2.75) is 19.4 Å². The van der Waals surface area contributed by atoms with E-state index < -0.39 is 0 Å². The van der Waals surface area contributed by atoms with Gasteiger partial charge in [-0.3, -0.25) is 9.78 Å². The van der Waals surface area contributed by atoms with Crippen LogP contribution in [0.3, 0.4) is 0 Å². The minimum absolute atomic E-state index is 0.0406. The summed E-state index contributed by atoms with van der Waals surface area (Å²) < 4.78 is 0. The van der Waals surface area contributed by atoms with Crippen molar-refractivity contribution in [2.75, 3.05) is 0 Å². The van der Waals surface area contributed by atoms with Crippen molar-refractivity contribution in [1.29, 1.82) is 0 Å². The maximum atomic E-state index is 12.1. The second-order valence-electron chi connectivity index (χ2n) is 5.56. The Morgan fingerprint density at radius 2 is 2.13 bits per heavy atom. The van der Waals surface area contributed by atoms with Gasteiger partial charge in [0.1, 0.15) is 0 Å². The highest BCUT2D eigenvalue weighted by Crippen LogP contribution is 2.36. The highest BCUT2D eigenvalue weighted by Gasteiger charge is 2.32. The van der Waals surface area contributed by atoms with Gasteiger partial charge in [-0.2, -0.15) is 16.4 Å². The number of pyridine rings is 1. The molecule has 1 amide bonds. The number of carbonyl (C=O) groups is 1. The van der Waals surface area contributed by atoms with E-state index in [-0.39, 0.29) is 11.9 Å². The summed E-state index contributed by atoms with van der Waals surface area (Å²) in [6, 6.07) is 12.0. The Labute approximate surface area is 138 Å². The minimum atomic E-state index is -0.0738. The van der Waals surface area contributed by atoms with E-state index in [1.165, 1.54) is 0 Å². The fourth-order valence-electron chi connectivity index (χ4n) is 3.05. The molecule has 0 fully saturated rings. The van der Waals surface area contributed by atoms with E-state index in [2.05, 4.69) is 27.6 Å². The van der Waals surface area contributed by atoms with Gasteiger partial charge in [0.2, 0.25) is 5.91 Å². The van der Waals surface area contributed by atoms with Gasteiger partial charge in [-0.1, -0.05) is 18.2 Å². The molecule has 0 spiro atoms. The van der Waals surface area contributed by atoms with Crippen LogP contribution in [0.2, 0.25) is 0 Å². The number of hydrogen-bond acceptors (Lipinski definition) is 4. The Morgan fingerprint density at radius 1 is 1.26 bits per heavy atom. The van der Waals surface area contributed by atoms with Crippen LogP contribution in [0.25, 0.3) is 10.9 Å². The van der Waals surface area contributed by atoms with E-state index in [9.17, 15) is 4.79 Å². The second-order valence-corrected chi connectivity index (χ2v) is 6.34. The van der Waals surface area contributed by atoms with Crippen LogP contribution in [0.15, 0.2) is 58.5 Å². The molecule has 0 aliphatic carbocycles. The van der Waals surface area contributed by atoms with Crippen LogP contribution in [0.4, 0.5) is 0 Å². The predicted octanol–water partition coefficient (Wildman–Crippen LogP) is 3.99. The minimum Gasteiger partial charge on any atom is -0.273 e. The quantitative estimate of drug-likeness (QED) is 0.716. The van der Waals surface area contributed by atoms with Gasteiger partial charge >= 0.3 is 0 Å². The van der Waals surface area contributed by atoms with Crippen LogP contribution in [-0.2, 0) is 4.79 Å². The number of amides is 1. The van der Waals surface area contributed by atoms with Crippen molar-refractivity contribution in [3.05, 3.63) is 64.5 Å². The van der Waals surface area contributed by atoms with Crippen LogP contribution in [0.1, 0.15) is 30.5 Å². The Bertz CT molecular complexity index is 896. The number of nitrogens with zero attached hydrogens (tertiary/aromatic N) is 3. The summed E-state index contributed by atoms with van der Waals surface area (Å²) in [6.45, 7) is 1.57. The number of fused-ring (bicyclic) bond motifs is 1. The molecule has 3 heterocycles. The van der Waals surface area contributed by atoms with Gasteiger partial charge < -0.3 is 0 Å². The van der Waals surface area contributed by atoms with Gasteiger partial charge in [0.15, 0.2) is 0 Å². The predicted molar refractivity (Wildman–Crippen MR) is 92.5 cm³/mol. The molecule has 2 aromatic heterocycles. The largest absolute Gasteiger partial charge is 0.273 e. The zero-order chi connectivity index (χ0) is 15.8. The van der Waals surface area contributed by atoms with Crippen molar-refractivity contribution in [2.24, 2.45) is 5.10 Å². The lowest BCUT2D eigenvalue weighted by atomic mass is 9.96. The molecule has 0 unspecified atom stereocenters. The highest BCUT2D eigenvalue weighted by molar-refractivity contribution is 7.08. The van der Waals surface area contributed by atoms with Crippen molar-refractivity contribution in [3.63, 3.8) is 0 Å². The zero-order valence-electron chi connectivity index (χ0n) is 12.6. The third kappa shape index (κ3) is 2.43. The zero-order valence-corrected chi connectivity index (χ0v) is 13.5. The van der Waals surface area contributed by atoms with E-state index in [4.69, 9.17) is 0 Å². The number of benzene rings is 1. The first-order chi connectivity index (χ1) is 11.2. The van der Waals surface area contributed by atoms with Crippen molar-refractivity contribution in [1.82, 2.24) is 9.99 Å². The van der Waals surface area contributed by atoms with Crippen LogP contribution in [-0.4, -0.2) is 21.6 Å². The molecule has 1 aromatic carbocycles. The lowest BCUT2D eigenvalue weighted by molar-refractivity contribution is -0.130. The summed E-state index contributed by atoms with van der Waals surface area (Å²) in [5, 5.41) is 11.4. The Hall–Kier alpha value is -2.53. The van der Waals surface area contributed by atoms with Gasteiger partial charge in [-0.15, -0.1) is 0 Å². The standard InChI is InChI=1S/C18H15N3OS/c1-12(22)21-18(10-17(20-21)13-7-9-23-11-13)15-6-8-19-16-5-3-2-4-14(15)16/h2-9,11,18H,10H2,1H3/t18-/m0/s1. The normalized spacial score (nSPS) is 17.5. The second kappa shape index (κ2) is 5.59. The number of thiophene rings is 1. The Balaban J connectivity index is 1.80. The van der Waals surface area contributed by atoms with E-state index in [0.717, 1.165) is 34.2 Å². The molecule has 0 bridgehead atoms. The SMILES string of the molecule is CC(=O)N1N=C(c2ccsc2)C[C@H]1c1ccnc2ccccc12. The maximum absolute atomic E-state index is 12.1. The molecule has 0 saturated heterocycles. The third-order valence-electron chi connectivity index (χ3n) is 4.13. The van der Waals surface area contributed by atoms with Gasteiger partial charge in [0, 0.05) is 30.5 Å². The number of hydrogen-bond donors (Lipinski definition) is 0. The van der Waals surface area contributed by atoms with E-state index in [1.807, 2.05) is 29.6 Å². The van der Waals surface area contributed by atoms with Gasteiger partial charge in [-0.25, -0.2) is 5.01 Å². The molecule has 0 radical (unpaired) electrons. The van der Waals surface area contributed by atoms with Crippen molar-refractivity contribution in [3.8, 4) is 0 Å². The average molecular weight is 321 g/mol. The van der Waals surface area contributed by atoms with Gasteiger partial charge in [0.25, 0.3) is 0 Å². The summed E-state index contributed by atoms with van der Waals surface area (Å²) in [5.74, 6) is -0.0406. The lowest BCUT2D eigenvalue weighted by Gasteiger charge is -2.21. The van der Waals surface area contributed by atoms with Crippen molar-refractivity contribution >= 4 is 33.9 Å².